The first kappa shape index (κ1) is 12.6. The molecule has 0 saturated heterocycles. The maximum Gasteiger partial charge on any atom is 0.337 e. The van der Waals surface area contributed by atoms with Crippen LogP contribution in [0.3, 0.4) is 0 Å². The monoisotopic (exact) mass is 267 g/mol. The summed E-state index contributed by atoms with van der Waals surface area (Å²) in [6, 6.07) is 4.67. The Labute approximate surface area is 108 Å². The van der Waals surface area contributed by atoms with Crippen LogP contribution < -0.4 is 4.90 Å². The smallest absolute Gasteiger partial charge is 0.337 e. The number of imide groups is 1. The zero-order chi connectivity index (χ0) is 13.3. The summed E-state index contributed by atoms with van der Waals surface area (Å²) < 4.78 is 4.59. The molecule has 0 atom stereocenters. The predicted octanol–water partition coefficient (Wildman–Crippen LogP) is 1.13. The van der Waals surface area contributed by atoms with E-state index in [1.54, 1.807) is 12.1 Å². The third kappa shape index (κ3) is 1.97. The molecule has 2 amide bonds. The van der Waals surface area contributed by atoms with Crippen LogP contribution in [0.5, 0.6) is 0 Å². The molecule has 0 N–H and O–H groups in total. The number of esters is 1. The number of methoxy groups -OCH3 is 1. The molecule has 6 heteroatoms. The molecule has 1 aliphatic rings. The van der Waals surface area contributed by atoms with Gasteiger partial charge in [-0.15, -0.1) is 11.6 Å². The zero-order valence-electron chi connectivity index (χ0n) is 9.60. The second kappa shape index (κ2) is 4.78. The van der Waals surface area contributed by atoms with Gasteiger partial charge in [-0.05, 0) is 17.7 Å². The molecule has 94 valence electrons. The number of hydrogen-bond donors (Lipinski definition) is 0. The Hall–Kier alpha value is -1.88. The van der Waals surface area contributed by atoms with Gasteiger partial charge >= 0.3 is 5.97 Å². The molecule has 1 aromatic carbocycles. The number of anilines is 1. The molecule has 0 aliphatic carbocycles. The molecule has 1 aliphatic heterocycles. The van der Waals surface area contributed by atoms with E-state index in [1.807, 2.05) is 0 Å². The molecule has 5 nitrogen and oxygen atoms in total. The largest absolute Gasteiger partial charge is 0.465 e. The molecule has 1 heterocycles. The minimum absolute atomic E-state index is 0.138. The molecule has 0 bridgehead atoms. The lowest BCUT2D eigenvalue weighted by atomic mass is 10.1. The van der Waals surface area contributed by atoms with E-state index in [0.717, 1.165) is 4.90 Å². The lowest BCUT2D eigenvalue weighted by Gasteiger charge is -2.14. The fourth-order valence-corrected chi connectivity index (χ4v) is 2.00. The van der Waals surface area contributed by atoms with Crippen LogP contribution in [-0.2, 0) is 20.7 Å². The highest BCUT2D eigenvalue weighted by atomic mass is 35.5. The van der Waals surface area contributed by atoms with Crippen LogP contribution in [0, 0.1) is 0 Å². The average molecular weight is 268 g/mol. The first-order valence-electron chi connectivity index (χ1n) is 5.21. The van der Waals surface area contributed by atoms with E-state index < -0.39 is 11.9 Å². The summed E-state index contributed by atoms with van der Waals surface area (Å²) in [5.74, 6) is -1.64. The van der Waals surface area contributed by atoms with E-state index in [1.165, 1.54) is 13.2 Å². The first-order chi connectivity index (χ1) is 8.58. The third-order valence-electron chi connectivity index (χ3n) is 2.70. The highest BCUT2D eigenvalue weighted by Gasteiger charge is 2.32. The van der Waals surface area contributed by atoms with Crippen molar-refractivity contribution < 1.29 is 19.1 Å². The summed E-state index contributed by atoms with van der Waals surface area (Å²) in [6.07, 6.45) is 0.138. The quantitative estimate of drug-likeness (QED) is 0.595. The molecule has 0 fully saturated rings. The summed E-state index contributed by atoms with van der Waals surface area (Å²) in [6.45, 7) is 0. The van der Waals surface area contributed by atoms with Crippen LogP contribution in [0.4, 0.5) is 5.69 Å². The van der Waals surface area contributed by atoms with Gasteiger partial charge in [-0.3, -0.25) is 9.59 Å². The number of rotatable bonds is 2. The third-order valence-corrected chi connectivity index (χ3v) is 2.93. The predicted molar refractivity (Wildman–Crippen MR) is 64.7 cm³/mol. The van der Waals surface area contributed by atoms with Gasteiger partial charge in [0.05, 0.1) is 24.8 Å². The number of benzene rings is 1. The highest BCUT2D eigenvalue weighted by Crippen LogP contribution is 2.30. The second-order valence-corrected chi connectivity index (χ2v) is 4.04. The number of hydrogen-bond acceptors (Lipinski definition) is 4. The van der Waals surface area contributed by atoms with Gasteiger partial charge in [0, 0.05) is 0 Å². The maximum absolute atomic E-state index is 11.7. The average Bonchev–Trinajstić information content (AvgIpc) is 2.71. The minimum atomic E-state index is -0.518. The second-order valence-electron chi connectivity index (χ2n) is 3.77. The van der Waals surface area contributed by atoms with Gasteiger partial charge in [-0.25, -0.2) is 9.69 Å². The van der Waals surface area contributed by atoms with Crippen LogP contribution >= 0.6 is 11.6 Å². The van der Waals surface area contributed by atoms with Gasteiger partial charge in [-0.1, -0.05) is 6.07 Å². The van der Waals surface area contributed by atoms with Gasteiger partial charge in [-0.2, -0.15) is 0 Å². The molecular formula is C12H10ClNO4. The van der Waals surface area contributed by atoms with Crippen molar-refractivity contribution in [3.8, 4) is 0 Å². The number of amides is 2. The Bertz CT molecular complexity index is 533. The van der Waals surface area contributed by atoms with E-state index in [-0.39, 0.29) is 18.2 Å². The van der Waals surface area contributed by atoms with Crippen LogP contribution in [0.2, 0.25) is 0 Å². The number of nitrogens with zero attached hydrogens (tertiary/aromatic N) is 1. The SMILES string of the molecule is COC(=O)c1ccc2c(c1)N(C(=O)CCl)C(=O)C2. The Morgan fingerprint density at radius 3 is 2.78 bits per heavy atom. The molecule has 0 spiro atoms. The molecule has 0 saturated carbocycles. The van der Waals surface area contributed by atoms with Crippen molar-refractivity contribution in [2.75, 3.05) is 17.9 Å². The summed E-state index contributed by atoms with van der Waals surface area (Å²) in [5.41, 5.74) is 1.40. The van der Waals surface area contributed by atoms with Gasteiger partial charge in [0.15, 0.2) is 0 Å². The van der Waals surface area contributed by atoms with Crippen LogP contribution in [0.15, 0.2) is 18.2 Å². The van der Waals surface area contributed by atoms with E-state index in [9.17, 15) is 14.4 Å². The Kier molecular flexibility index (Phi) is 3.34. The normalized spacial score (nSPS) is 13.4. The number of carbonyl (C=O) groups is 3. The van der Waals surface area contributed by atoms with Crippen molar-refractivity contribution in [3.63, 3.8) is 0 Å². The number of fused-ring (bicyclic) bond motifs is 1. The standard InChI is InChI=1S/C12H10ClNO4/c1-18-12(17)8-3-2-7-5-10(15)14(9(7)4-8)11(16)6-13/h2-4H,5-6H2,1H3. The summed E-state index contributed by atoms with van der Waals surface area (Å²) in [4.78, 5) is 35.7. The maximum atomic E-state index is 11.7. The zero-order valence-corrected chi connectivity index (χ0v) is 10.4. The Balaban J connectivity index is 2.46. The highest BCUT2D eigenvalue weighted by molar-refractivity contribution is 6.34. The summed E-state index contributed by atoms with van der Waals surface area (Å²) >= 11 is 5.46. The summed E-state index contributed by atoms with van der Waals surface area (Å²) in [7, 11) is 1.27. The molecule has 1 aromatic rings. The molecule has 0 radical (unpaired) electrons. The van der Waals surface area contributed by atoms with Crippen molar-refractivity contribution in [2.24, 2.45) is 0 Å². The van der Waals surface area contributed by atoms with Crippen LogP contribution in [0.1, 0.15) is 15.9 Å². The fraction of sp³-hybridized carbons (Fsp3) is 0.250. The lowest BCUT2D eigenvalue weighted by Crippen LogP contribution is -2.34. The minimum Gasteiger partial charge on any atom is -0.465 e. The lowest BCUT2D eigenvalue weighted by molar-refractivity contribution is -0.124. The van der Waals surface area contributed by atoms with Crippen molar-refractivity contribution >= 4 is 35.1 Å². The Morgan fingerprint density at radius 2 is 2.17 bits per heavy atom. The van der Waals surface area contributed by atoms with Gasteiger partial charge in [0.1, 0.15) is 5.88 Å². The van der Waals surface area contributed by atoms with Crippen LogP contribution in [-0.4, -0.2) is 30.8 Å². The van der Waals surface area contributed by atoms with Crippen molar-refractivity contribution in [1.82, 2.24) is 0 Å². The van der Waals surface area contributed by atoms with E-state index >= 15 is 0 Å². The summed E-state index contributed by atoms with van der Waals surface area (Å²) in [5, 5.41) is 0. The van der Waals surface area contributed by atoms with Crippen LogP contribution in [0.25, 0.3) is 0 Å². The van der Waals surface area contributed by atoms with Crippen molar-refractivity contribution in [2.45, 2.75) is 6.42 Å². The van der Waals surface area contributed by atoms with E-state index in [2.05, 4.69) is 4.74 Å². The van der Waals surface area contributed by atoms with Crippen molar-refractivity contribution in [3.05, 3.63) is 29.3 Å². The van der Waals surface area contributed by atoms with Gasteiger partial charge < -0.3 is 4.74 Å². The first-order valence-corrected chi connectivity index (χ1v) is 5.75. The molecule has 0 aromatic heterocycles. The van der Waals surface area contributed by atoms with Gasteiger partial charge in [0.2, 0.25) is 11.8 Å². The molecule has 0 unspecified atom stereocenters. The Morgan fingerprint density at radius 1 is 1.44 bits per heavy atom. The number of halogens is 1. The molecule has 18 heavy (non-hydrogen) atoms. The van der Waals surface area contributed by atoms with E-state index in [4.69, 9.17) is 11.6 Å². The number of carbonyl (C=O) groups excluding carboxylic acids is 3. The fourth-order valence-electron chi connectivity index (χ4n) is 1.88. The number of ether oxygens (including phenoxy) is 1. The van der Waals surface area contributed by atoms with E-state index in [0.29, 0.717) is 16.8 Å². The molecular weight excluding hydrogens is 258 g/mol. The van der Waals surface area contributed by atoms with Crippen molar-refractivity contribution in [1.29, 1.82) is 0 Å². The molecule has 2 rings (SSSR count). The topological polar surface area (TPSA) is 63.7 Å². The van der Waals surface area contributed by atoms with Gasteiger partial charge in [0.25, 0.3) is 0 Å². The number of alkyl halides is 1.